The predicted octanol–water partition coefficient (Wildman–Crippen LogP) is 3.86. The summed E-state index contributed by atoms with van der Waals surface area (Å²) >= 11 is 0. The number of ether oxygens (including phenoxy) is 1. The van der Waals surface area contributed by atoms with Crippen LogP contribution in [-0.2, 0) is 6.54 Å². The molecule has 2 heterocycles. The second-order valence-corrected chi connectivity index (χ2v) is 6.36. The van der Waals surface area contributed by atoms with Crippen LogP contribution in [0.25, 0.3) is 22.5 Å². The summed E-state index contributed by atoms with van der Waals surface area (Å²) < 4.78 is 5.40. The van der Waals surface area contributed by atoms with E-state index in [0.29, 0.717) is 18.2 Å². The zero-order chi connectivity index (χ0) is 19.3. The molecule has 0 spiro atoms. The maximum Gasteiger partial charge on any atom is 0.243 e. The third-order valence-corrected chi connectivity index (χ3v) is 4.36. The van der Waals surface area contributed by atoms with Crippen molar-refractivity contribution in [2.24, 2.45) is 0 Å². The molecule has 2 aromatic carbocycles. The Kier molecular flexibility index (Phi) is 4.97. The number of aryl methyl sites for hydroxylation is 1. The second kappa shape index (κ2) is 7.87. The van der Waals surface area contributed by atoms with Crippen LogP contribution >= 0.6 is 0 Å². The Morgan fingerprint density at radius 1 is 1.04 bits per heavy atom. The molecule has 0 fully saturated rings. The summed E-state index contributed by atoms with van der Waals surface area (Å²) in [7, 11) is 1.64. The smallest absolute Gasteiger partial charge is 0.243 e. The van der Waals surface area contributed by atoms with Crippen molar-refractivity contribution < 1.29 is 4.74 Å². The Balaban J connectivity index is 1.48. The van der Waals surface area contributed by atoms with E-state index >= 15 is 0 Å². The molecule has 28 heavy (non-hydrogen) atoms. The van der Waals surface area contributed by atoms with Crippen LogP contribution in [0.5, 0.6) is 5.75 Å². The van der Waals surface area contributed by atoms with E-state index in [4.69, 9.17) is 4.74 Å². The highest BCUT2D eigenvalue weighted by atomic mass is 16.5. The number of rotatable bonds is 6. The minimum absolute atomic E-state index is 0.440. The van der Waals surface area contributed by atoms with Crippen molar-refractivity contribution in [3.8, 4) is 28.3 Å². The van der Waals surface area contributed by atoms with Crippen LogP contribution in [0.15, 0.2) is 60.8 Å². The normalized spacial score (nSPS) is 10.6. The lowest BCUT2D eigenvalue weighted by Crippen LogP contribution is -2.05. The monoisotopic (exact) mass is 372 g/mol. The predicted molar refractivity (Wildman–Crippen MR) is 108 cm³/mol. The maximum absolute atomic E-state index is 5.40. The van der Waals surface area contributed by atoms with Gasteiger partial charge in [0, 0.05) is 11.1 Å². The fraction of sp³-hybridized carbons (Fsp3) is 0.143. The highest BCUT2D eigenvalue weighted by molar-refractivity contribution is 5.67. The van der Waals surface area contributed by atoms with E-state index in [1.165, 1.54) is 5.56 Å². The first-order chi connectivity index (χ1) is 13.7. The Bertz CT molecular complexity index is 1070. The lowest BCUT2D eigenvalue weighted by Gasteiger charge is -2.08. The standard InChI is InChI=1S/C21H20N6O/c1-14-7-9-15(10-8-14)18-11-16(25-26-18)12-22-21-24-19(13-23-27-21)17-5-3-4-6-20(17)28-2/h3-11,13H,12H2,1-2H3,(H,25,26)(H,22,24,27). The maximum atomic E-state index is 5.40. The number of benzene rings is 2. The molecular formula is C21H20N6O. The third-order valence-electron chi connectivity index (χ3n) is 4.36. The summed E-state index contributed by atoms with van der Waals surface area (Å²) in [6, 6.07) is 18.0. The SMILES string of the molecule is COc1ccccc1-c1cnnc(NCc2cc(-c3ccc(C)cc3)n[nH]2)n1. The van der Waals surface area contributed by atoms with Gasteiger partial charge in [-0.3, -0.25) is 5.10 Å². The first kappa shape index (κ1) is 17.7. The van der Waals surface area contributed by atoms with Crippen LogP contribution in [0, 0.1) is 6.92 Å². The number of aromatic amines is 1. The van der Waals surface area contributed by atoms with Gasteiger partial charge >= 0.3 is 0 Å². The Morgan fingerprint density at radius 3 is 2.68 bits per heavy atom. The van der Waals surface area contributed by atoms with Gasteiger partial charge < -0.3 is 10.1 Å². The Morgan fingerprint density at radius 2 is 1.86 bits per heavy atom. The fourth-order valence-corrected chi connectivity index (χ4v) is 2.86. The van der Waals surface area contributed by atoms with Crippen molar-refractivity contribution in [1.82, 2.24) is 25.4 Å². The molecule has 0 aliphatic rings. The van der Waals surface area contributed by atoms with E-state index in [0.717, 1.165) is 28.3 Å². The average Bonchev–Trinajstić information content (AvgIpc) is 3.22. The van der Waals surface area contributed by atoms with Gasteiger partial charge in [-0.1, -0.05) is 42.0 Å². The summed E-state index contributed by atoms with van der Waals surface area (Å²) in [5.41, 5.74) is 5.69. The summed E-state index contributed by atoms with van der Waals surface area (Å²) in [5.74, 6) is 1.18. The molecule has 4 rings (SSSR count). The molecule has 0 unspecified atom stereocenters. The molecule has 0 aliphatic carbocycles. The number of nitrogens with one attached hydrogen (secondary N) is 2. The van der Waals surface area contributed by atoms with E-state index in [-0.39, 0.29) is 0 Å². The van der Waals surface area contributed by atoms with Gasteiger partial charge in [-0.2, -0.15) is 10.2 Å². The molecule has 0 atom stereocenters. The largest absolute Gasteiger partial charge is 0.496 e. The van der Waals surface area contributed by atoms with Crippen molar-refractivity contribution in [1.29, 1.82) is 0 Å². The zero-order valence-electron chi connectivity index (χ0n) is 15.7. The number of H-pyrrole nitrogens is 1. The molecule has 0 aliphatic heterocycles. The first-order valence-corrected chi connectivity index (χ1v) is 8.91. The molecule has 0 radical (unpaired) electrons. The number of hydrogen-bond acceptors (Lipinski definition) is 6. The van der Waals surface area contributed by atoms with Crippen molar-refractivity contribution in [2.75, 3.05) is 12.4 Å². The van der Waals surface area contributed by atoms with E-state index in [2.05, 4.69) is 61.9 Å². The van der Waals surface area contributed by atoms with Gasteiger partial charge in [0.25, 0.3) is 0 Å². The quantitative estimate of drug-likeness (QED) is 0.534. The van der Waals surface area contributed by atoms with Gasteiger partial charge in [0.1, 0.15) is 5.75 Å². The van der Waals surface area contributed by atoms with E-state index in [1.807, 2.05) is 30.3 Å². The van der Waals surface area contributed by atoms with Gasteiger partial charge in [0.05, 0.1) is 36.9 Å². The molecule has 7 heteroatoms. The van der Waals surface area contributed by atoms with Crippen LogP contribution in [-0.4, -0.2) is 32.5 Å². The fourth-order valence-electron chi connectivity index (χ4n) is 2.86. The van der Waals surface area contributed by atoms with E-state index in [1.54, 1.807) is 13.3 Å². The molecule has 7 nitrogen and oxygen atoms in total. The Labute approximate surface area is 162 Å². The minimum Gasteiger partial charge on any atom is -0.496 e. The van der Waals surface area contributed by atoms with Crippen molar-refractivity contribution in [2.45, 2.75) is 13.5 Å². The minimum atomic E-state index is 0.440. The lowest BCUT2D eigenvalue weighted by atomic mass is 10.1. The molecule has 0 amide bonds. The molecular weight excluding hydrogens is 352 g/mol. The molecule has 0 saturated heterocycles. The molecule has 0 bridgehead atoms. The van der Waals surface area contributed by atoms with Gasteiger partial charge in [-0.15, -0.1) is 5.10 Å². The summed E-state index contributed by atoms with van der Waals surface area (Å²) in [5, 5.41) is 18.7. The van der Waals surface area contributed by atoms with Gasteiger partial charge in [-0.05, 0) is 25.1 Å². The van der Waals surface area contributed by atoms with Crippen molar-refractivity contribution in [3.63, 3.8) is 0 Å². The van der Waals surface area contributed by atoms with Crippen LogP contribution in [0.3, 0.4) is 0 Å². The van der Waals surface area contributed by atoms with E-state index < -0.39 is 0 Å². The van der Waals surface area contributed by atoms with Gasteiger partial charge in [0.2, 0.25) is 5.95 Å². The first-order valence-electron chi connectivity index (χ1n) is 8.91. The van der Waals surface area contributed by atoms with Crippen molar-refractivity contribution >= 4 is 5.95 Å². The summed E-state index contributed by atoms with van der Waals surface area (Å²) in [4.78, 5) is 4.54. The molecule has 4 aromatic rings. The van der Waals surface area contributed by atoms with Gasteiger partial charge in [-0.25, -0.2) is 4.98 Å². The van der Waals surface area contributed by atoms with Gasteiger partial charge in [0.15, 0.2) is 0 Å². The number of para-hydroxylation sites is 1. The number of anilines is 1. The lowest BCUT2D eigenvalue weighted by molar-refractivity contribution is 0.416. The number of hydrogen-bond donors (Lipinski definition) is 2. The van der Waals surface area contributed by atoms with Crippen molar-refractivity contribution in [3.05, 3.63) is 72.1 Å². The van der Waals surface area contributed by atoms with Crippen LogP contribution in [0.1, 0.15) is 11.3 Å². The second-order valence-electron chi connectivity index (χ2n) is 6.36. The van der Waals surface area contributed by atoms with Crippen LogP contribution in [0.2, 0.25) is 0 Å². The zero-order valence-corrected chi connectivity index (χ0v) is 15.7. The molecule has 2 aromatic heterocycles. The number of nitrogens with zero attached hydrogens (tertiary/aromatic N) is 4. The summed E-state index contributed by atoms with van der Waals surface area (Å²) in [6.07, 6.45) is 1.62. The molecule has 0 saturated carbocycles. The average molecular weight is 372 g/mol. The molecule has 140 valence electrons. The molecule has 2 N–H and O–H groups in total. The highest BCUT2D eigenvalue weighted by Crippen LogP contribution is 2.27. The Hall–Kier alpha value is -3.74. The van der Waals surface area contributed by atoms with E-state index in [9.17, 15) is 0 Å². The number of aromatic nitrogens is 5. The van der Waals surface area contributed by atoms with Crippen LogP contribution in [0.4, 0.5) is 5.95 Å². The topological polar surface area (TPSA) is 88.6 Å². The highest BCUT2D eigenvalue weighted by Gasteiger charge is 2.09. The number of methoxy groups -OCH3 is 1. The van der Waals surface area contributed by atoms with Crippen LogP contribution < -0.4 is 10.1 Å². The summed E-state index contributed by atoms with van der Waals surface area (Å²) in [6.45, 7) is 2.58. The third kappa shape index (κ3) is 3.83.